The Morgan fingerprint density at radius 1 is 1.00 bits per heavy atom. The number of hydrogen-bond donors (Lipinski definition) is 1. The lowest BCUT2D eigenvalue weighted by molar-refractivity contribution is 0.103. The zero-order valence-corrected chi connectivity index (χ0v) is 12.5. The molecule has 0 saturated carbocycles. The van der Waals surface area contributed by atoms with E-state index in [9.17, 15) is 4.79 Å². The maximum atomic E-state index is 12.5. The summed E-state index contributed by atoms with van der Waals surface area (Å²) in [6, 6.07) is 13.3. The molecule has 0 spiro atoms. The molecule has 2 aromatic carbocycles. The molecule has 0 aliphatic rings. The third kappa shape index (κ3) is 2.90. The van der Waals surface area contributed by atoms with Gasteiger partial charge in [-0.05, 0) is 35.6 Å². The Labute approximate surface area is 120 Å². The van der Waals surface area contributed by atoms with Gasteiger partial charge in [0.05, 0.1) is 0 Å². The molecule has 0 amide bonds. The fraction of sp³-hybridized carbons (Fsp3) is 0.278. The minimum absolute atomic E-state index is 0.0234. The summed E-state index contributed by atoms with van der Waals surface area (Å²) < 4.78 is 0. The minimum atomic E-state index is 0.0234. The van der Waals surface area contributed by atoms with E-state index in [1.165, 1.54) is 5.56 Å². The van der Waals surface area contributed by atoms with Gasteiger partial charge in [0, 0.05) is 16.8 Å². The van der Waals surface area contributed by atoms with Gasteiger partial charge < -0.3 is 5.73 Å². The van der Waals surface area contributed by atoms with E-state index < -0.39 is 0 Å². The van der Waals surface area contributed by atoms with Gasteiger partial charge in [-0.3, -0.25) is 4.79 Å². The molecule has 2 rings (SSSR count). The molecule has 0 bridgehead atoms. The number of rotatable bonds is 2. The Morgan fingerprint density at radius 2 is 1.60 bits per heavy atom. The molecule has 0 radical (unpaired) electrons. The summed E-state index contributed by atoms with van der Waals surface area (Å²) in [6.45, 7) is 8.40. The summed E-state index contributed by atoms with van der Waals surface area (Å²) >= 11 is 0. The van der Waals surface area contributed by atoms with Crippen LogP contribution in [0.3, 0.4) is 0 Å². The van der Waals surface area contributed by atoms with Crippen molar-refractivity contribution in [3.8, 4) is 0 Å². The molecular weight excluding hydrogens is 246 g/mol. The highest BCUT2D eigenvalue weighted by Gasteiger charge is 2.16. The van der Waals surface area contributed by atoms with Crippen LogP contribution in [0.15, 0.2) is 42.5 Å². The normalized spacial score (nSPS) is 11.4. The standard InChI is InChI=1S/C18H21NO/c1-12-5-10-15(19)11-16(12)17(20)13-6-8-14(9-7-13)18(2,3)4/h5-11H,19H2,1-4H3. The maximum Gasteiger partial charge on any atom is 0.193 e. The van der Waals surface area contributed by atoms with Gasteiger partial charge in [0.1, 0.15) is 0 Å². The Morgan fingerprint density at radius 3 is 2.15 bits per heavy atom. The van der Waals surface area contributed by atoms with Crippen LogP contribution < -0.4 is 5.73 Å². The summed E-state index contributed by atoms with van der Waals surface area (Å²) in [7, 11) is 0. The molecule has 2 aromatic rings. The van der Waals surface area contributed by atoms with Gasteiger partial charge in [-0.2, -0.15) is 0 Å². The second kappa shape index (κ2) is 5.12. The quantitative estimate of drug-likeness (QED) is 0.657. The lowest BCUT2D eigenvalue weighted by atomic mass is 9.86. The van der Waals surface area contributed by atoms with E-state index in [4.69, 9.17) is 5.73 Å². The third-order valence-electron chi connectivity index (χ3n) is 3.52. The van der Waals surface area contributed by atoms with Crippen LogP contribution in [0, 0.1) is 6.92 Å². The van der Waals surface area contributed by atoms with E-state index in [2.05, 4.69) is 20.8 Å². The molecule has 0 aliphatic heterocycles. The van der Waals surface area contributed by atoms with Crippen LogP contribution >= 0.6 is 0 Å². The van der Waals surface area contributed by atoms with Gasteiger partial charge in [0.2, 0.25) is 0 Å². The number of carbonyl (C=O) groups is 1. The number of aryl methyl sites for hydroxylation is 1. The summed E-state index contributed by atoms with van der Waals surface area (Å²) in [5, 5.41) is 0. The fourth-order valence-corrected chi connectivity index (χ4v) is 2.16. The molecule has 104 valence electrons. The van der Waals surface area contributed by atoms with Crippen molar-refractivity contribution in [2.75, 3.05) is 5.73 Å². The van der Waals surface area contributed by atoms with Crippen LogP contribution in [-0.4, -0.2) is 5.78 Å². The SMILES string of the molecule is Cc1ccc(N)cc1C(=O)c1ccc(C(C)(C)C)cc1. The van der Waals surface area contributed by atoms with Crippen molar-refractivity contribution >= 4 is 11.5 Å². The number of anilines is 1. The van der Waals surface area contributed by atoms with Crippen LogP contribution in [0.4, 0.5) is 5.69 Å². The third-order valence-corrected chi connectivity index (χ3v) is 3.52. The molecular formula is C18H21NO. The Hall–Kier alpha value is -2.09. The first-order valence-corrected chi connectivity index (χ1v) is 6.80. The molecule has 0 fully saturated rings. The molecule has 2 N–H and O–H groups in total. The van der Waals surface area contributed by atoms with Crippen LogP contribution in [0.5, 0.6) is 0 Å². The van der Waals surface area contributed by atoms with E-state index in [0.717, 1.165) is 5.56 Å². The van der Waals surface area contributed by atoms with Gasteiger partial charge in [-0.1, -0.05) is 51.1 Å². The fourth-order valence-electron chi connectivity index (χ4n) is 2.16. The minimum Gasteiger partial charge on any atom is -0.399 e. The number of ketones is 1. The van der Waals surface area contributed by atoms with Gasteiger partial charge in [-0.15, -0.1) is 0 Å². The van der Waals surface area contributed by atoms with E-state index in [0.29, 0.717) is 16.8 Å². The smallest absolute Gasteiger partial charge is 0.193 e. The average molecular weight is 267 g/mol. The highest BCUT2D eigenvalue weighted by molar-refractivity contribution is 6.10. The Balaban J connectivity index is 2.37. The van der Waals surface area contributed by atoms with Crippen molar-refractivity contribution < 1.29 is 4.79 Å². The highest BCUT2D eigenvalue weighted by atomic mass is 16.1. The summed E-state index contributed by atoms with van der Waals surface area (Å²) in [5.41, 5.74) is 10.0. The topological polar surface area (TPSA) is 43.1 Å². The second-order valence-corrected chi connectivity index (χ2v) is 6.23. The van der Waals surface area contributed by atoms with Crippen LogP contribution in [0.25, 0.3) is 0 Å². The van der Waals surface area contributed by atoms with Crippen LogP contribution in [-0.2, 0) is 5.41 Å². The lowest BCUT2D eigenvalue weighted by Crippen LogP contribution is -2.11. The average Bonchev–Trinajstić information content (AvgIpc) is 2.40. The van der Waals surface area contributed by atoms with Crippen molar-refractivity contribution in [1.29, 1.82) is 0 Å². The molecule has 2 nitrogen and oxygen atoms in total. The Bertz CT molecular complexity index is 633. The first-order chi connectivity index (χ1) is 9.29. The summed E-state index contributed by atoms with van der Waals surface area (Å²) in [4.78, 5) is 12.5. The number of benzene rings is 2. The molecule has 0 heterocycles. The van der Waals surface area contributed by atoms with Gasteiger partial charge >= 0.3 is 0 Å². The van der Waals surface area contributed by atoms with Crippen LogP contribution in [0.1, 0.15) is 47.8 Å². The molecule has 2 heteroatoms. The van der Waals surface area contributed by atoms with Gasteiger partial charge in [0.15, 0.2) is 5.78 Å². The highest BCUT2D eigenvalue weighted by Crippen LogP contribution is 2.23. The zero-order valence-electron chi connectivity index (χ0n) is 12.5. The van der Waals surface area contributed by atoms with E-state index in [-0.39, 0.29) is 11.2 Å². The van der Waals surface area contributed by atoms with Crippen molar-refractivity contribution in [1.82, 2.24) is 0 Å². The molecule has 0 saturated heterocycles. The largest absolute Gasteiger partial charge is 0.399 e. The molecule has 0 atom stereocenters. The molecule has 0 aromatic heterocycles. The number of nitrogen functional groups attached to an aromatic ring is 1. The number of carbonyl (C=O) groups excluding carboxylic acids is 1. The van der Waals surface area contributed by atoms with Crippen molar-refractivity contribution in [3.05, 3.63) is 64.7 Å². The first kappa shape index (κ1) is 14.3. The van der Waals surface area contributed by atoms with Crippen molar-refractivity contribution in [2.24, 2.45) is 0 Å². The maximum absolute atomic E-state index is 12.5. The van der Waals surface area contributed by atoms with E-state index in [1.54, 1.807) is 6.07 Å². The predicted molar refractivity (Wildman–Crippen MR) is 84.2 cm³/mol. The molecule has 20 heavy (non-hydrogen) atoms. The zero-order chi connectivity index (χ0) is 14.9. The van der Waals surface area contributed by atoms with Crippen molar-refractivity contribution in [3.63, 3.8) is 0 Å². The predicted octanol–water partition coefficient (Wildman–Crippen LogP) is 4.11. The van der Waals surface area contributed by atoms with E-state index in [1.807, 2.05) is 43.3 Å². The van der Waals surface area contributed by atoms with Crippen LogP contribution in [0.2, 0.25) is 0 Å². The van der Waals surface area contributed by atoms with Gasteiger partial charge in [-0.25, -0.2) is 0 Å². The van der Waals surface area contributed by atoms with Crippen molar-refractivity contribution in [2.45, 2.75) is 33.1 Å². The van der Waals surface area contributed by atoms with E-state index >= 15 is 0 Å². The number of nitrogens with two attached hydrogens (primary N) is 1. The first-order valence-electron chi connectivity index (χ1n) is 6.80. The molecule has 0 unspecified atom stereocenters. The summed E-state index contributed by atoms with van der Waals surface area (Å²) in [6.07, 6.45) is 0. The number of hydrogen-bond acceptors (Lipinski definition) is 2. The Kier molecular flexibility index (Phi) is 3.67. The second-order valence-electron chi connectivity index (χ2n) is 6.23. The lowest BCUT2D eigenvalue weighted by Gasteiger charge is -2.19. The summed E-state index contributed by atoms with van der Waals surface area (Å²) in [5.74, 6) is 0.0234. The molecule has 0 aliphatic carbocycles. The monoisotopic (exact) mass is 267 g/mol. The van der Waals surface area contributed by atoms with Gasteiger partial charge in [0.25, 0.3) is 0 Å².